The fraction of sp³-hybridized carbons (Fsp3) is 0.818. The third kappa shape index (κ3) is 4.38. The highest BCUT2D eigenvalue weighted by Gasteiger charge is 2.21. The van der Waals surface area contributed by atoms with Gasteiger partial charge in [-0.1, -0.05) is 34.9 Å². The number of nitrogens with one attached hydrogen (secondary N) is 1. The van der Waals surface area contributed by atoms with E-state index in [2.05, 4.69) is 22.4 Å². The van der Waals surface area contributed by atoms with E-state index in [0.717, 1.165) is 27.6 Å². The van der Waals surface area contributed by atoms with Gasteiger partial charge in [0, 0.05) is 24.9 Å². The summed E-state index contributed by atoms with van der Waals surface area (Å²) >= 11 is 5.09. The Morgan fingerprint density at radius 1 is 1.50 bits per heavy atom. The fourth-order valence-corrected chi connectivity index (χ4v) is 4.27. The van der Waals surface area contributed by atoms with Gasteiger partial charge >= 0.3 is 0 Å². The standard InChI is InChI=1S/C11H19N3OS3/c1-8(9-4-3-6-15-9)12-5-7-17-11-14-13-10(16-2)18-11/h8-9,12H,3-7H2,1-2H3. The van der Waals surface area contributed by atoms with E-state index in [0.29, 0.717) is 12.1 Å². The van der Waals surface area contributed by atoms with Crippen LogP contribution in [0.5, 0.6) is 0 Å². The molecule has 0 radical (unpaired) electrons. The maximum absolute atomic E-state index is 5.66. The second kappa shape index (κ2) is 7.69. The van der Waals surface area contributed by atoms with Crippen LogP contribution in [-0.4, -0.2) is 47.5 Å². The molecule has 0 amide bonds. The molecule has 1 aliphatic heterocycles. The molecule has 4 nitrogen and oxygen atoms in total. The van der Waals surface area contributed by atoms with E-state index >= 15 is 0 Å². The van der Waals surface area contributed by atoms with Crippen molar-refractivity contribution in [2.75, 3.05) is 25.2 Å². The van der Waals surface area contributed by atoms with Crippen molar-refractivity contribution in [3.8, 4) is 0 Å². The van der Waals surface area contributed by atoms with Gasteiger partial charge in [-0.15, -0.1) is 10.2 Å². The Bertz CT molecular complexity index is 355. The van der Waals surface area contributed by atoms with Crippen LogP contribution in [0.2, 0.25) is 0 Å². The van der Waals surface area contributed by atoms with E-state index in [-0.39, 0.29) is 0 Å². The van der Waals surface area contributed by atoms with Crippen LogP contribution in [0.4, 0.5) is 0 Å². The first-order valence-electron chi connectivity index (χ1n) is 6.15. The maximum Gasteiger partial charge on any atom is 0.175 e. The Balaban J connectivity index is 1.60. The molecule has 2 heterocycles. The molecule has 1 aliphatic rings. The molecular formula is C11H19N3OS3. The van der Waals surface area contributed by atoms with Crippen LogP contribution in [0.1, 0.15) is 19.8 Å². The second-order valence-corrected chi connectivity index (χ2v) is 7.55. The fourth-order valence-electron chi connectivity index (χ4n) is 1.89. The Morgan fingerprint density at radius 2 is 2.33 bits per heavy atom. The van der Waals surface area contributed by atoms with Gasteiger partial charge in [0.1, 0.15) is 0 Å². The van der Waals surface area contributed by atoms with E-state index in [1.165, 1.54) is 12.8 Å². The van der Waals surface area contributed by atoms with Crippen molar-refractivity contribution in [1.82, 2.24) is 15.5 Å². The van der Waals surface area contributed by atoms with Gasteiger partial charge in [-0.25, -0.2) is 0 Å². The predicted molar refractivity (Wildman–Crippen MR) is 78.9 cm³/mol. The molecule has 7 heteroatoms. The van der Waals surface area contributed by atoms with E-state index in [4.69, 9.17) is 4.74 Å². The maximum atomic E-state index is 5.66. The number of thioether (sulfide) groups is 2. The van der Waals surface area contributed by atoms with Crippen molar-refractivity contribution in [2.45, 2.75) is 40.6 Å². The zero-order valence-corrected chi connectivity index (χ0v) is 13.2. The topological polar surface area (TPSA) is 47.0 Å². The minimum Gasteiger partial charge on any atom is -0.377 e. The summed E-state index contributed by atoms with van der Waals surface area (Å²) in [6.07, 6.45) is 4.82. The summed E-state index contributed by atoms with van der Waals surface area (Å²) in [7, 11) is 0. The Kier molecular flexibility index (Phi) is 6.23. The van der Waals surface area contributed by atoms with Gasteiger partial charge in [0.15, 0.2) is 8.68 Å². The quantitative estimate of drug-likeness (QED) is 0.617. The molecule has 0 saturated carbocycles. The van der Waals surface area contributed by atoms with Gasteiger partial charge in [-0.05, 0) is 26.0 Å². The third-order valence-electron chi connectivity index (χ3n) is 2.88. The summed E-state index contributed by atoms with van der Waals surface area (Å²) in [5, 5.41) is 11.7. The molecule has 1 fully saturated rings. The molecule has 1 aromatic rings. The first-order valence-corrected chi connectivity index (χ1v) is 9.17. The zero-order valence-electron chi connectivity index (χ0n) is 10.7. The monoisotopic (exact) mass is 305 g/mol. The molecule has 1 N–H and O–H groups in total. The summed E-state index contributed by atoms with van der Waals surface area (Å²) in [5.41, 5.74) is 0. The molecule has 0 bridgehead atoms. The first kappa shape index (κ1) is 14.6. The van der Waals surface area contributed by atoms with Crippen LogP contribution in [0.25, 0.3) is 0 Å². The number of ether oxygens (including phenoxy) is 1. The molecule has 2 rings (SSSR count). The van der Waals surface area contributed by atoms with Crippen LogP contribution in [-0.2, 0) is 4.74 Å². The largest absolute Gasteiger partial charge is 0.377 e. The van der Waals surface area contributed by atoms with Crippen molar-refractivity contribution >= 4 is 34.9 Å². The van der Waals surface area contributed by atoms with Crippen LogP contribution >= 0.6 is 34.9 Å². The van der Waals surface area contributed by atoms with Gasteiger partial charge < -0.3 is 10.1 Å². The normalized spacial score (nSPS) is 21.3. The van der Waals surface area contributed by atoms with Crippen LogP contribution in [0, 0.1) is 0 Å². The summed E-state index contributed by atoms with van der Waals surface area (Å²) < 4.78 is 7.76. The molecule has 18 heavy (non-hydrogen) atoms. The number of hydrogen-bond donors (Lipinski definition) is 1. The van der Waals surface area contributed by atoms with Gasteiger partial charge in [0.2, 0.25) is 0 Å². The van der Waals surface area contributed by atoms with Crippen LogP contribution in [0.15, 0.2) is 8.68 Å². The second-order valence-electron chi connectivity index (χ2n) is 4.18. The van der Waals surface area contributed by atoms with Gasteiger partial charge in [0.05, 0.1) is 6.10 Å². The van der Waals surface area contributed by atoms with E-state index in [1.807, 2.05) is 6.26 Å². The summed E-state index contributed by atoms with van der Waals surface area (Å²) in [6.45, 7) is 4.12. The van der Waals surface area contributed by atoms with Gasteiger partial charge in [0.25, 0.3) is 0 Å². The molecule has 2 unspecified atom stereocenters. The Hall–Kier alpha value is 0.180. The smallest absolute Gasteiger partial charge is 0.175 e. The molecule has 0 aliphatic carbocycles. The molecule has 102 valence electrons. The number of hydrogen-bond acceptors (Lipinski definition) is 7. The lowest BCUT2D eigenvalue weighted by molar-refractivity contribution is 0.0844. The summed E-state index contributed by atoms with van der Waals surface area (Å²) in [4.78, 5) is 0. The number of aromatic nitrogens is 2. The molecule has 1 saturated heterocycles. The highest BCUT2D eigenvalue weighted by atomic mass is 32.2. The van der Waals surface area contributed by atoms with E-state index in [1.54, 1.807) is 34.9 Å². The van der Waals surface area contributed by atoms with Gasteiger partial charge in [-0.2, -0.15) is 0 Å². The van der Waals surface area contributed by atoms with Crippen LogP contribution in [0.3, 0.4) is 0 Å². The predicted octanol–water partition coefficient (Wildman–Crippen LogP) is 2.51. The average Bonchev–Trinajstić information content (AvgIpc) is 3.05. The highest BCUT2D eigenvalue weighted by molar-refractivity contribution is 8.02. The lowest BCUT2D eigenvalue weighted by atomic mass is 10.1. The molecule has 0 spiro atoms. The Morgan fingerprint density at radius 3 is 3.00 bits per heavy atom. The number of rotatable bonds is 7. The molecular weight excluding hydrogens is 286 g/mol. The number of nitrogens with zero attached hydrogens (tertiary/aromatic N) is 2. The SMILES string of the molecule is CSc1nnc(SCCNC(C)C2CCCO2)s1. The van der Waals surface area contributed by atoms with Crippen molar-refractivity contribution in [2.24, 2.45) is 0 Å². The van der Waals surface area contributed by atoms with Crippen molar-refractivity contribution in [1.29, 1.82) is 0 Å². The van der Waals surface area contributed by atoms with Gasteiger partial charge in [-0.3, -0.25) is 0 Å². The summed E-state index contributed by atoms with van der Waals surface area (Å²) in [6, 6.07) is 0.448. The van der Waals surface area contributed by atoms with Crippen LogP contribution < -0.4 is 5.32 Å². The molecule has 2 atom stereocenters. The van der Waals surface area contributed by atoms with E-state index < -0.39 is 0 Å². The lowest BCUT2D eigenvalue weighted by Gasteiger charge is -2.19. The van der Waals surface area contributed by atoms with Crippen molar-refractivity contribution < 1.29 is 4.74 Å². The zero-order chi connectivity index (χ0) is 12.8. The van der Waals surface area contributed by atoms with E-state index in [9.17, 15) is 0 Å². The minimum absolute atomic E-state index is 0.402. The minimum atomic E-state index is 0.402. The summed E-state index contributed by atoms with van der Waals surface area (Å²) in [5.74, 6) is 1.03. The highest BCUT2D eigenvalue weighted by Crippen LogP contribution is 2.26. The molecule has 0 aromatic carbocycles. The third-order valence-corrected chi connectivity index (χ3v) is 5.91. The first-order chi connectivity index (χ1) is 8.79. The Labute approximate surface area is 121 Å². The lowest BCUT2D eigenvalue weighted by Crippen LogP contribution is -2.38. The molecule has 1 aromatic heterocycles. The van der Waals surface area contributed by atoms with Crippen molar-refractivity contribution in [3.63, 3.8) is 0 Å². The van der Waals surface area contributed by atoms with Crippen molar-refractivity contribution in [3.05, 3.63) is 0 Å². The average molecular weight is 305 g/mol.